The summed E-state index contributed by atoms with van der Waals surface area (Å²) < 4.78 is 6.00. The molecule has 6 unspecified atom stereocenters. The number of carbonyl (C=O) groups excluding carboxylic acids is 1. The summed E-state index contributed by atoms with van der Waals surface area (Å²) in [5.74, 6) is 5.05. The molecule has 3 fully saturated rings. The fourth-order valence-electron chi connectivity index (χ4n) is 9.15. The van der Waals surface area contributed by atoms with Gasteiger partial charge in [0.1, 0.15) is 6.10 Å². The lowest BCUT2D eigenvalue weighted by Crippen LogP contribution is -2.49. The summed E-state index contributed by atoms with van der Waals surface area (Å²) in [6.45, 7) is 12.5. The van der Waals surface area contributed by atoms with E-state index in [9.17, 15) is 4.79 Å². The minimum atomic E-state index is -0.161. The minimum absolute atomic E-state index is 0.0324. The molecular formula is C34H50O2. The van der Waals surface area contributed by atoms with Crippen molar-refractivity contribution in [3.8, 4) is 0 Å². The van der Waals surface area contributed by atoms with Gasteiger partial charge >= 0.3 is 5.97 Å². The van der Waals surface area contributed by atoms with E-state index < -0.39 is 0 Å². The largest absolute Gasteiger partial charge is 0.458 e. The summed E-state index contributed by atoms with van der Waals surface area (Å²) >= 11 is 0. The molecule has 0 spiro atoms. The van der Waals surface area contributed by atoms with Gasteiger partial charge in [0.05, 0.1) is 5.56 Å². The molecule has 1 aromatic carbocycles. The second kappa shape index (κ2) is 10.3. The van der Waals surface area contributed by atoms with Crippen LogP contribution in [0.1, 0.15) is 116 Å². The number of fused-ring (bicyclic) bond motifs is 5. The van der Waals surface area contributed by atoms with Gasteiger partial charge in [0.25, 0.3) is 0 Å². The van der Waals surface area contributed by atoms with E-state index in [2.05, 4.69) is 40.7 Å². The fourth-order valence-corrected chi connectivity index (χ4v) is 9.15. The molecule has 0 heterocycles. The third-order valence-corrected chi connectivity index (χ3v) is 11.4. The molecule has 0 aromatic heterocycles. The highest BCUT2D eigenvalue weighted by Gasteiger charge is 2.57. The maximum Gasteiger partial charge on any atom is 0.338 e. The van der Waals surface area contributed by atoms with Gasteiger partial charge in [-0.25, -0.2) is 4.79 Å². The summed E-state index contributed by atoms with van der Waals surface area (Å²) in [6, 6.07) is 9.49. The van der Waals surface area contributed by atoms with Crippen LogP contribution in [0.15, 0.2) is 42.0 Å². The van der Waals surface area contributed by atoms with Crippen molar-refractivity contribution in [3.63, 3.8) is 0 Å². The van der Waals surface area contributed by atoms with Crippen molar-refractivity contribution in [2.45, 2.75) is 111 Å². The first-order chi connectivity index (χ1) is 17.2. The number of ether oxygens (including phenoxy) is 1. The predicted molar refractivity (Wildman–Crippen MR) is 149 cm³/mol. The SMILES string of the molecule is CC(C)CCCC(C)C1CC2C3CC=C4CC(OC(=O)c5ccccc5)CC[C@]4(C)C3CC[C@]2(C)C1. The molecule has 4 aliphatic carbocycles. The average Bonchev–Trinajstić information content (AvgIpc) is 3.22. The standard InChI is InChI=1S/C34H50O2/c1-23(2)10-9-11-24(3)26-20-31-29-15-14-27-21-28(36-32(35)25-12-7-6-8-13-25)16-19-34(27,5)30(29)17-18-33(31,4)22-26/h6-8,12-14,23-24,26,28-31H,9-11,15-22H2,1-5H3/t24?,26?,28?,29?,30?,31?,33-,34+/m1/s1. The first kappa shape index (κ1) is 26.1. The van der Waals surface area contributed by atoms with Crippen LogP contribution in [-0.4, -0.2) is 12.1 Å². The van der Waals surface area contributed by atoms with E-state index in [1.165, 1.54) is 57.8 Å². The number of carbonyl (C=O) groups is 1. The Hall–Kier alpha value is -1.57. The third kappa shape index (κ3) is 4.95. The van der Waals surface area contributed by atoms with Gasteiger partial charge in [0.2, 0.25) is 0 Å². The summed E-state index contributed by atoms with van der Waals surface area (Å²) in [5.41, 5.74) is 3.13. The number of allylic oxidation sites excluding steroid dienone is 1. The molecule has 0 N–H and O–H groups in total. The van der Waals surface area contributed by atoms with E-state index in [1.54, 1.807) is 5.57 Å². The summed E-state index contributed by atoms with van der Waals surface area (Å²) in [7, 11) is 0. The van der Waals surface area contributed by atoms with Crippen LogP contribution in [0.25, 0.3) is 0 Å². The second-order valence-corrected chi connectivity index (χ2v) is 14.1. The lowest BCUT2D eigenvalue weighted by atomic mass is 9.48. The summed E-state index contributed by atoms with van der Waals surface area (Å²) in [4.78, 5) is 12.7. The molecule has 1 aromatic rings. The molecule has 0 bridgehead atoms. The molecule has 0 saturated heterocycles. The minimum Gasteiger partial charge on any atom is -0.458 e. The van der Waals surface area contributed by atoms with Crippen molar-refractivity contribution in [3.05, 3.63) is 47.5 Å². The van der Waals surface area contributed by atoms with Crippen LogP contribution in [0.3, 0.4) is 0 Å². The van der Waals surface area contributed by atoms with Crippen molar-refractivity contribution >= 4 is 5.97 Å². The maximum atomic E-state index is 12.7. The van der Waals surface area contributed by atoms with Crippen LogP contribution < -0.4 is 0 Å². The van der Waals surface area contributed by atoms with Gasteiger partial charge < -0.3 is 4.74 Å². The lowest BCUT2D eigenvalue weighted by molar-refractivity contribution is -0.0406. The quantitative estimate of drug-likeness (QED) is 0.281. The zero-order valence-electron chi connectivity index (χ0n) is 23.6. The zero-order valence-corrected chi connectivity index (χ0v) is 23.6. The summed E-state index contributed by atoms with van der Waals surface area (Å²) in [5, 5.41) is 0. The molecule has 36 heavy (non-hydrogen) atoms. The van der Waals surface area contributed by atoms with E-state index in [0.29, 0.717) is 16.4 Å². The molecular weight excluding hydrogens is 440 g/mol. The highest BCUT2D eigenvalue weighted by molar-refractivity contribution is 5.89. The second-order valence-electron chi connectivity index (χ2n) is 14.1. The van der Waals surface area contributed by atoms with Crippen LogP contribution in [0.4, 0.5) is 0 Å². The average molecular weight is 491 g/mol. The van der Waals surface area contributed by atoms with Gasteiger partial charge in [-0.2, -0.15) is 0 Å². The molecule has 4 aliphatic rings. The Morgan fingerprint density at radius 2 is 1.81 bits per heavy atom. The van der Waals surface area contributed by atoms with E-state index in [1.807, 2.05) is 30.3 Å². The van der Waals surface area contributed by atoms with Crippen LogP contribution >= 0.6 is 0 Å². The molecule has 198 valence electrons. The Morgan fingerprint density at radius 1 is 1.03 bits per heavy atom. The van der Waals surface area contributed by atoms with Gasteiger partial charge in [0, 0.05) is 6.42 Å². The van der Waals surface area contributed by atoms with E-state index in [-0.39, 0.29) is 12.1 Å². The topological polar surface area (TPSA) is 26.3 Å². The van der Waals surface area contributed by atoms with Crippen LogP contribution in [0.2, 0.25) is 0 Å². The van der Waals surface area contributed by atoms with Crippen LogP contribution in [-0.2, 0) is 4.74 Å². The highest BCUT2D eigenvalue weighted by atomic mass is 16.5. The maximum absolute atomic E-state index is 12.7. The first-order valence-electron chi connectivity index (χ1n) is 15.1. The van der Waals surface area contributed by atoms with E-state index in [4.69, 9.17) is 4.74 Å². The first-order valence-corrected chi connectivity index (χ1v) is 15.1. The Kier molecular flexibility index (Phi) is 7.45. The lowest BCUT2D eigenvalue weighted by Gasteiger charge is -2.57. The van der Waals surface area contributed by atoms with Crippen LogP contribution in [0, 0.1) is 46.3 Å². The van der Waals surface area contributed by atoms with Crippen LogP contribution in [0.5, 0.6) is 0 Å². The zero-order chi connectivity index (χ0) is 25.5. The number of hydrogen-bond acceptors (Lipinski definition) is 2. The molecule has 8 atom stereocenters. The van der Waals surface area contributed by atoms with Crippen molar-refractivity contribution in [1.29, 1.82) is 0 Å². The van der Waals surface area contributed by atoms with Gasteiger partial charge in [-0.05, 0) is 103 Å². The smallest absolute Gasteiger partial charge is 0.338 e. The molecule has 3 saturated carbocycles. The summed E-state index contributed by atoms with van der Waals surface area (Å²) in [6.07, 6.45) is 17.0. The van der Waals surface area contributed by atoms with Crippen molar-refractivity contribution in [2.24, 2.45) is 46.3 Å². The van der Waals surface area contributed by atoms with Gasteiger partial charge in [0.15, 0.2) is 0 Å². The van der Waals surface area contributed by atoms with Crippen molar-refractivity contribution < 1.29 is 9.53 Å². The van der Waals surface area contributed by atoms with E-state index in [0.717, 1.165) is 48.3 Å². The van der Waals surface area contributed by atoms with Crippen molar-refractivity contribution in [2.75, 3.05) is 0 Å². The fraction of sp³-hybridized carbons (Fsp3) is 0.735. The van der Waals surface area contributed by atoms with Gasteiger partial charge in [-0.3, -0.25) is 0 Å². The molecule has 2 nitrogen and oxygen atoms in total. The Morgan fingerprint density at radius 3 is 2.56 bits per heavy atom. The van der Waals surface area contributed by atoms with Gasteiger partial charge in [-0.15, -0.1) is 0 Å². The number of rotatable bonds is 7. The molecule has 2 heteroatoms. The Bertz CT molecular complexity index is 947. The number of esters is 1. The molecule has 0 radical (unpaired) electrons. The molecule has 0 aliphatic heterocycles. The number of hydrogen-bond donors (Lipinski definition) is 0. The van der Waals surface area contributed by atoms with Crippen molar-refractivity contribution in [1.82, 2.24) is 0 Å². The Balaban J connectivity index is 1.25. The molecule has 0 amide bonds. The number of benzene rings is 1. The molecule has 5 rings (SSSR count). The van der Waals surface area contributed by atoms with E-state index >= 15 is 0 Å². The normalized spacial score (nSPS) is 38.5. The predicted octanol–water partition coefficient (Wildman–Crippen LogP) is 9.25. The van der Waals surface area contributed by atoms with Gasteiger partial charge in [-0.1, -0.05) is 83.7 Å². The third-order valence-electron chi connectivity index (χ3n) is 11.4. The highest BCUT2D eigenvalue weighted by Crippen LogP contribution is 2.66. The monoisotopic (exact) mass is 490 g/mol. The Labute approximate surface area is 220 Å².